The molecule has 0 bridgehead atoms. The number of carbonyl (C=O) groups excluding carboxylic acids is 1. The van der Waals surface area contributed by atoms with Crippen LogP contribution in [0.15, 0.2) is 24.4 Å². The number of phenols is 2. The lowest BCUT2D eigenvalue weighted by Gasteiger charge is -2.02. The Bertz CT molecular complexity index is 373. The molecule has 0 spiro atoms. The number of phenolic OH excluding ortho intramolecular Hbond substituents is 2. The van der Waals surface area contributed by atoms with Crippen molar-refractivity contribution < 1.29 is 20.2 Å². The fourth-order valence-electron chi connectivity index (χ4n) is 0.958. The summed E-state index contributed by atoms with van der Waals surface area (Å²) in [6, 6.07) is 3.90. The third-order valence-corrected chi connectivity index (χ3v) is 1.66. The van der Waals surface area contributed by atoms with Crippen LogP contribution in [0.5, 0.6) is 11.5 Å². The van der Waals surface area contributed by atoms with Gasteiger partial charge in [0.1, 0.15) is 0 Å². The van der Waals surface area contributed by atoms with E-state index in [1.165, 1.54) is 18.2 Å². The quantitative estimate of drug-likeness (QED) is 0.245. The zero-order chi connectivity index (χ0) is 10.6. The fraction of sp³-hybridized carbons (Fsp3) is 0. The van der Waals surface area contributed by atoms with E-state index in [4.69, 9.17) is 15.4 Å². The van der Waals surface area contributed by atoms with Crippen LogP contribution in [0.2, 0.25) is 0 Å². The predicted octanol–water partition coefficient (Wildman–Crippen LogP) is 0.616. The van der Waals surface area contributed by atoms with Crippen molar-refractivity contribution >= 4 is 11.9 Å². The number of allylic oxidation sites excluding steroid dienone is 1. The van der Waals surface area contributed by atoms with Gasteiger partial charge in [-0.2, -0.15) is 0 Å². The van der Waals surface area contributed by atoms with Crippen molar-refractivity contribution in [2.45, 2.75) is 0 Å². The van der Waals surface area contributed by atoms with E-state index in [0.717, 1.165) is 6.20 Å². The van der Waals surface area contributed by atoms with Crippen LogP contribution < -0.4 is 5.48 Å². The van der Waals surface area contributed by atoms with Gasteiger partial charge in [-0.1, -0.05) is 6.07 Å². The zero-order valence-electron chi connectivity index (χ0n) is 7.14. The molecule has 4 N–H and O–H groups in total. The lowest BCUT2D eigenvalue weighted by molar-refractivity contribution is -0.103. The number of nitrogens with one attached hydrogen (secondary N) is 1. The monoisotopic (exact) mass is 195 g/mol. The van der Waals surface area contributed by atoms with Crippen molar-refractivity contribution in [1.82, 2.24) is 5.48 Å². The highest BCUT2D eigenvalue weighted by molar-refractivity contribution is 6.06. The van der Waals surface area contributed by atoms with Gasteiger partial charge >= 0.3 is 0 Å². The van der Waals surface area contributed by atoms with Crippen molar-refractivity contribution in [1.29, 1.82) is 0 Å². The SMILES string of the molecule is O=C/C(=C\NO)c1ccc(O)c(O)c1. The third kappa shape index (κ3) is 2.02. The van der Waals surface area contributed by atoms with Crippen molar-refractivity contribution in [3.8, 4) is 11.5 Å². The minimum absolute atomic E-state index is 0.155. The highest BCUT2D eigenvalue weighted by Crippen LogP contribution is 2.27. The lowest BCUT2D eigenvalue weighted by Crippen LogP contribution is -1.98. The summed E-state index contributed by atoms with van der Waals surface area (Å²) in [7, 11) is 0. The van der Waals surface area contributed by atoms with Gasteiger partial charge in [0.2, 0.25) is 0 Å². The van der Waals surface area contributed by atoms with E-state index in [9.17, 15) is 4.79 Å². The number of aldehydes is 1. The van der Waals surface area contributed by atoms with Gasteiger partial charge < -0.3 is 10.2 Å². The molecule has 0 aromatic heterocycles. The molecule has 0 saturated heterocycles. The molecule has 14 heavy (non-hydrogen) atoms. The van der Waals surface area contributed by atoms with E-state index in [2.05, 4.69) is 0 Å². The number of hydroxylamine groups is 1. The number of aromatic hydroxyl groups is 2. The van der Waals surface area contributed by atoms with Gasteiger partial charge in [0.15, 0.2) is 17.8 Å². The maximum Gasteiger partial charge on any atom is 0.158 e. The molecule has 5 heteroatoms. The first-order chi connectivity index (χ1) is 6.69. The van der Waals surface area contributed by atoms with Crippen molar-refractivity contribution in [3.05, 3.63) is 30.0 Å². The standard InChI is InChI=1S/C9H9NO4/c11-5-7(4-10-14)6-1-2-8(12)9(13)3-6/h1-5,10,12-14H/b7-4+. The molecule has 0 fully saturated rings. The lowest BCUT2D eigenvalue weighted by atomic mass is 10.1. The summed E-state index contributed by atoms with van der Waals surface area (Å²) in [6.07, 6.45) is 1.58. The highest BCUT2D eigenvalue weighted by atomic mass is 16.5. The first-order valence-electron chi connectivity index (χ1n) is 3.76. The molecular formula is C9H9NO4. The van der Waals surface area contributed by atoms with Crippen LogP contribution in [-0.2, 0) is 4.79 Å². The van der Waals surface area contributed by atoms with E-state index >= 15 is 0 Å². The third-order valence-electron chi connectivity index (χ3n) is 1.66. The normalized spacial score (nSPS) is 11.1. The minimum Gasteiger partial charge on any atom is -0.504 e. The first kappa shape index (κ1) is 10.1. The molecule has 1 aromatic carbocycles. The Morgan fingerprint density at radius 2 is 2.00 bits per heavy atom. The second-order valence-electron chi connectivity index (χ2n) is 2.55. The smallest absolute Gasteiger partial charge is 0.158 e. The predicted molar refractivity (Wildman–Crippen MR) is 48.7 cm³/mol. The van der Waals surface area contributed by atoms with Gasteiger partial charge in [-0.25, -0.2) is 0 Å². The molecule has 0 unspecified atom stereocenters. The maximum atomic E-state index is 10.5. The molecule has 0 saturated carbocycles. The molecule has 0 aliphatic heterocycles. The number of benzene rings is 1. The van der Waals surface area contributed by atoms with E-state index < -0.39 is 0 Å². The van der Waals surface area contributed by atoms with Crippen molar-refractivity contribution in [3.63, 3.8) is 0 Å². The van der Waals surface area contributed by atoms with E-state index in [1.807, 2.05) is 0 Å². The van der Waals surface area contributed by atoms with Crippen LogP contribution in [0.4, 0.5) is 0 Å². The Balaban J connectivity index is 3.12. The summed E-state index contributed by atoms with van der Waals surface area (Å²) in [5.74, 6) is -0.593. The number of hydrogen-bond acceptors (Lipinski definition) is 5. The molecule has 74 valence electrons. The van der Waals surface area contributed by atoms with Gasteiger partial charge in [0.05, 0.1) is 0 Å². The fourth-order valence-corrected chi connectivity index (χ4v) is 0.958. The Kier molecular flexibility index (Phi) is 3.09. The summed E-state index contributed by atoms with van der Waals surface area (Å²) >= 11 is 0. The first-order valence-corrected chi connectivity index (χ1v) is 3.76. The van der Waals surface area contributed by atoms with Crippen LogP contribution >= 0.6 is 0 Å². The van der Waals surface area contributed by atoms with Gasteiger partial charge in [-0.15, -0.1) is 0 Å². The molecular weight excluding hydrogens is 186 g/mol. The average molecular weight is 195 g/mol. The maximum absolute atomic E-state index is 10.5. The van der Waals surface area contributed by atoms with Crippen LogP contribution in [0.3, 0.4) is 0 Å². The van der Waals surface area contributed by atoms with E-state index in [0.29, 0.717) is 11.8 Å². The van der Waals surface area contributed by atoms with Crippen LogP contribution in [0, 0.1) is 0 Å². The Morgan fingerprint density at radius 1 is 1.29 bits per heavy atom. The van der Waals surface area contributed by atoms with Gasteiger partial charge in [0, 0.05) is 11.8 Å². The van der Waals surface area contributed by atoms with E-state index in [-0.39, 0.29) is 17.1 Å². The Labute approximate surface area is 79.9 Å². The molecule has 0 aliphatic carbocycles. The van der Waals surface area contributed by atoms with Gasteiger partial charge in [-0.05, 0) is 17.7 Å². The molecule has 1 rings (SSSR count). The van der Waals surface area contributed by atoms with Crippen molar-refractivity contribution in [2.75, 3.05) is 0 Å². The highest BCUT2D eigenvalue weighted by Gasteiger charge is 2.04. The number of rotatable bonds is 3. The van der Waals surface area contributed by atoms with Crippen LogP contribution in [-0.4, -0.2) is 21.7 Å². The summed E-state index contributed by atoms with van der Waals surface area (Å²) in [5, 5.41) is 26.5. The molecule has 0 amide bonds. The Hall–Kier alpha value is -2.01. The molecule has 1 aromatic rings. The molecule has 5 nitrogen and oxygen atoms in total. The second kappa shape index (κ2) is 4.29. The Morgan fingerprint density at radius 3 is 2.50 bits per heavy atom. The summed E-state index contributed by atoms with van der Waals surface area (Å²) in [5.41, 5.74) is 2.26. The molecule has 0 aliphatic rings. The number of hydrogen-bond donors (Lipinski definition) is 4. The largest absolute Gasteiger partial charge is 0.504 e. The van der Waals surface area contributed by atoms with Crippen molar-refractivity contribution in [2.24, 2.45) is 0 Å². The number of carbonyl (C=O) groups is 1. The second-order valence-corrected chi connectivity index (χ2v) is 2.55. The summed E-state index contributed by atoms with van der Waals surface area (Å²) in [4.78, 5) is 10.5. The molecule has 0 heterocycles. The average Bonchev–Trinajstić information content (AvgIpc) is 2.19. The minimum atomic E-state index is -0.326. The zero-order valence-corrected chi connectivity index (χ0v) is 7.14. The van der Waals surface area contributed by atoms with Crippen LogP contribution in [0.1, 0.15) is 5.56 Å². The summed E-state index contributed by atoms with van der Waals surface area (Å²) in [6.45, 7) is 0. The topological polar surface area (TPSA) is 89.8 Å². The molecule has 0 radical (unpaired) electrons. The van der Waals surface area contributed by atoms with E-state index in [1.54, 1.807) is 5.48 Å². The summed E-state index contributed by atoms with van der Waals surface area (Å²) < 4.78 is 0. The van der Waals surface area contributed by atoms with Gasteiger partial charge in [-0.3, -0.25) is 15.5 Å². The van der Waals surface area contributed by atoms with Crippen LogP contribution in [0.25, 0.3) is 5.57 Å². The van der Waals surface area contributed by atoms with Gasteiger partial charge in [0.25, 0.3) is 0 Å². The molecule has 0 atom stereocenters.